The summed E-state index contributed by atoms with van der Waals surface area (Å²) < 4.78 is 14.8. The van der Waals surface area contributed by atoms with Gasteiger partial charge in [0.1, 0.15) is 0 Å². The molecule has 0 aliphatic carbocycles. The molecule has 168 valence electrons. The van der Waals surface area contributed by atoms with Gasteiger partial charge in [0.25, 0.3) is 5.91 Å². The van der Waals surface area contributed by atoms with Crippen molar-refractivity contribution in [2.45, 2.75) is 79.1 Å². The molecule has 0 aromatic rings. The Morgan fingerprint density at radius 1 is 0.536 bits per heavy atom. The molecule has 4 N–H and O–H groups in total. The second-order valence-electron chi connectivity index (χ2n) is 6.97. The maximum atomic E-state index is 6.67. The van der Waals surface area contributed by atoms with Crippen molar-refractivity contribution >= 4 is 43.4 Å². The van der Waals surface area contributed by atoms with E-state index in [9.17, 15) is 0 Å². The van der Waals surface area contributed by atoms with Crippen LogP contribution in [0.25, 0.3) is 0 Å². The third-order valence-corrected chi connectivity index (χ3v) is 15.1. The van der Waals surface area contributed by atoms with E-state index >= 15 is 0 Å². The predicted molar refractivity (Wildman–Crippen MR) is 131 cm³/mol. The molecule has 28 heavy (non-hydrogen) atoms. The van der Waals surface area contributed by atoms with E-state index in [1.165, 1.54) is 0 Å². The zero-order chi connectivity index (χ0) is 20.9. The molecule has 0 fully saturated rings. The summed E-state index contributed by atoms with van der Waals surface area (Å²) in [4.78, 5) is 0. The molecule has 0 amide bonds. The first-order valence-corrected chi connectivity index (χ1v) is 17.6. The van der Waals surface area contributed by atoms with Crippen LogP contribution in [0, 0.1) is 0 Å². The summed E-state index contributed by atoms with van der Waals surface area (Å²) in [5.74, 6) is -2.82. The molecule has 0 aromatic carbocycles. The number of nitrogens with one attached hydrogen (secondary N) is 4. The number of hydrogen-bond donors (Lipinski definition) is 4. The van der Waals surface area contributed by atoms with Crippen molar-refractivity contribution in [2.24, 2.45) is 13.5 Å². The largest absolute Gasteiger partial charge is 0.257 e. The molecule has 1 aliphatic rings. The average molecular weight is 494 g/mol. The van der Waals surface area contributed by atoms with Crippen molar-refractivity contribution in [1.29, 1.82) is 0 Å². The van der Waals surface area contributed by atoms with Gasteiger partial charge in [0.05, 0.1) is 0 Å². The minimum atomic E-state index is -2.82. The summed E-state index contributed by atoms with van der Waals surface area (Å²) in [7, 11) is -4.85. The molecule has 12 heteroatoms. The van der Waals surface area contributed by atoms with E-state index in [4.69, 9.17) is 36.0 Å². The normalized spacial score (nSPS) is 19.5. The Hall–Kier alpha value is 1.11. The van der Waals surface area contributed by atoms with Crippen molar-refractivity contribution in [3.8, 4) is 0 Å². The fraction of sp³-hybridized carbons (Fsp3) is 1.00. The Balaban J connectivity index is 3.32. The van der Waals surface area contributed by atoms with Gasteiger partial charge in [-0.05, 0) is 48.2 Å². The molecular formula is C16H40Cl2N7P3. The smallest absolute Gasteiger partial charge is 0.253 e. The van der Waals surface area contributed by atoms with Gasteiger partial charge in [-0.1, -0.05) is 53.4 Å². The van der Waals surface area contributed by atoms with Gasteiger partial charge >= 0.3 is 0 Å². The van der Waals surface area contributed by atoms with Crippen LogP contribution in [0.5, 0.6) is 0 Å². The van der Waals surface area contributed by atoms with Crippen molar-refractivity contribution in [3.05, 3.63) is 0 Å². The highest BCUT2D eigenvalue weighted by atomic mass is 35.9. The number of halogens is 2. The predicted octanol–water partition coefficient (Wildman–Crippen LogP) is 7.88. The summed E-state index contributed by atoms with van der Waals surface area (Å²) in [6, 6.07) is 0. The van der Waals surface area contributed by atoms with Crippen LogP contribution < -0.4 is 20.3 Å². The summed E-state index contributed by atoms with van der Waals surface area (Å²) >= 11 is 13.3. The van der Waals surface area contributed by atoms with Gasteiger partial charge in [-0.3, -0.25) is 20.3 Å². The van der Waals surface area contributed by atoms with Crippen molar-refractivity contribution in [1.82, 2.24) is 20.3 Å². The first-order chi connectivity index (χ1) is 13.4. The summed E-state index contributed by atoms with van der Waals surface area (Å²) in [5, 5.41) is 14.4. The van der Waals surface area contributed by atoms with E-state index in [0.29, 0.717) is 0 Å². The quantitative estimate of drug-likeness (QED) is 0.130. The number of hydrogen-bond acceptors (Lipinski definition) is 7. The highest BCUT2D eigenvalue weighted by Crippen LogP contribution is 2.78. The standard InChI is InChI=1S/C16H40Cl2N7P3/c1-5-9-13-19-27(20-14-10-6-2)23-26(17,18)24-28(25-27,21-15-11-7-3)22-16-12-8-4/h19-22H,5-16H2,1-4H3. The van der Waals surface area contributed by atoms with Crippen LogP contribution in [0.2, 0.25) is 0 Å². The topological polar surface area (TPSA) is 85.2 Å². The van der Waals surface area contributed by atoms with Crippen molar-refractivity contribution in [3.63, 3.8) is 0 Å². The molecule has 0 saturated heterocycles. The monoisotopic (exact) mass is 493 g/mol. The first-order valence-electron chi connectivity index (χ1n) is 10.7. The zero-order valence-electron chi connectivity index (χ0n) is 17.9. The third kappa shape index (κ3) is 9.94. The van der Waals surface area contributed by atoms with E-state index in [1.54, 1.807) is 0 Å². The Kier molecular flexibility index (Phi) is 13.8. The van der Waals surface area contributed by atoms with Crippen LogP contribution in [0.1, 0.15) is 79.1 Å². The number of unbranched alkanes of at least 4 members (excludes halogenated alkanes) is 4. The van der Waals surface area contributed by atoms with Gasteiger partial charge in [-0.2, -0.15) is 13.5 Å². The fourth-order valence-corrected chi connectivity index (χ4v) is 15.6. The molecule has 7 nitrogen and oxygen atoms in total. The molecule has 0 aromatic heterocycles. The summed E-state index contributed by atoms with van der Waals surface area (Å²) in [6.07, 6.45) is 8.69. The average Bonchev–Trinajstić information content (AvgIpc) is 2.61. The maximum absolute atomic E-state index is 6.67. The lowest BCUT2D eigenvalue weighted by molar-refractivity contribution is 0.730. The van der Waals surface area contributed by atoms with Gasteiger partial charge in [0.2, 0.25) is 15.0 Å². The second-order valence-corrected chi connectivity index (χ2v) is 17.0. The molecule has 0 unspecified atom stereocenters. The first kappa shape index (κ1) is 27.1. The van der Waals surface area contributed by atoms with Gasteiger partial charge in [-0.15, -0.1) is 0 Å². The highest BCUT2D eigenvalue weighted by molar-refractivity contribution is 8.13. The SMILES string of the molecule is CCCCNP1(NCCCC)=NP(Cl)(Cl)=NP(NCCCC)(NCCCC)=N1. The highest BCUT2D eigenvalue weighted by Gasteiger charge is 2.34. The molecule has 0 bridgehead atoms. The molecule has 0 atom stereocenters. The maximum Gasteiger partial charge on any atom is 0.257 e. The van der Waals surface area contributed by atoms with Crippen LogP contribution in [-0.2, 0) is 0 Å². The number of nitrogens with zero attached hydrogens (tertiary/aromatic N) is 3. The third-order valence-electron chi connectivity index (χ3n) is 4.18. The van der Waals surface area contributed by atoms with Crippen molar-refractivity contribution < 1.29 is 0 Å². The molecule has 0 spiro atoms. The molecule has 0 saturated carbocycles. The van der Waals surface area contributed by atoms with Crippen LogP contribution >= 0.6 is 43.4 Å². The van der Waals surface area contributed by atoms with Gasteiger partial charge in [0, 0.05) is 26.2 Å². The van der Waals surface area contributed by atoms with E-state index < -0.39 is 20.9 Å². The van der Waals surface area contributed by atoms with Gasteiger partial charge in [0.15, 0.2) is 0 Å². The van der Waals surface area contributed by atoms with Crippen LogP contribution in [-0.4, -0.2) is 26.2 Å². The molecule has 1 aliphatic heterocycles. The number of rotatable bonds is 16. The molecular weight excluding hydrogens is 454 g/mol. The van der Waals surface area contributed by atoms with E-state index in [-0.39, 0.29) is 0 Å². The molecule has 1 rings (SSSR count). The minimum absolute atomic E-state index is 0.841. The van der Waals surface area contributed by atoms with Crippen LogP contribution in [0.15, 0.2) is 13.5 Å². The Bertz CT molecular complexity index is 556. The summed E-state index contributed by atoms with van der Waals surface area (Å²) in [5.41, 5.74) is 0. The Morgan fingerprint density at radius 2 is 0.857 bits per heavy atom. The van der Waals surface area contributed by atoms with Crippen LogP contribution in [0.3, 0.4) is 0 Å². The lowest BCUT2D eigenvalue weighted by Gasteiger charge is -2.34. The van der Waals surface area contributed by atoms with Gasteiger partial charge < -0.3 is 0 Å². The molecule has 1 heterocycles. The fourth-order valence-electron chi connectivity index (χ4n) is 2.56. The van der Waals surface area contributed by atoms with E-state index in [1.807, 2.05) is 0 Å². The lowest BCUT2D eigenvalue weighted by atomic mass is 10.3. The van der Waals surface area contributed by atoms with E-state index in [2.05, 4.69) is 48.0 Å². The van der Waals surface area contributed by atoms with Crippen LogP contribution in [0.4, 0.5) is 0 Å². The Morgan fingerprint density at radius 3 is 1.18 bits per heavy atom. The minimum Gasteiger partial charge on any atom is -0.253 e. The Labute approximate surface area is 182 Å². The van der Waals surface area contributed by atoms with Gasteiger partial charge in [-0.25, -0.2) is 0 Å². The second kappa shape index (κ2) is 14.2. The van der Waals surface area contributed by atoms with E-state index in [0.717, 1.165) is 77.5 Å². The van der Waals surface area contributed by atoms with Crippen molar-refractivity contribution in [2.75, 3.05) is 26.2 Å². The lowest BCUT2D eigenvalue weighted by Crippen LogP contribution is -2.28. The molecule has 0 radical (unpaired) electrons. The zero-order valence-corrected chi connectivity index (χ0v) is 22.1. The summed E-state index contributed by atoms with van der Waals surface area (Å²) in [6.45, 7) is 12.1.